The molecule has 1 aliphatic rings. The fourth-order valence-electron chi connectivity index (χ4n) is 2.47. The zero-order valence-electron chi connectivity index (χ0n) is 14.1. The average Bonchev–Trinajstić information content (AvgIpc) is 3.46. The van der Waals surface area contributed by atoms with Crippen molar-refractivity contribution in [3.63, 3.8) is 0 Å². The summed E-state index contributed by atoms with van der Waals surface area (Å²) in [5.74, 6) is -0.533. The molecule has 7 heteroatoms. The lowest BCUT2D eigenvalue weighted by Crippen LogP contribution is -2.25. The Hall–Kier alpha value is -2.77. The number of carbonyl (C=O) groups is 1. The topological polar surface area (TPSA) is 91.2 Å². The molecule has 7 nitrogen and oxygen atoms in total. The normalized spacial score (nSPS) is 16.7. The predicted octanol–water partition coefficient (Wildman–Crippen LogP) is 3.13. The molecule has 0 spiro atoms. The van der Waals surface area contributed by atoms with Gasteiger partial charge in [-0.05, 0) is 17.7 Å². The standard InChI is InChI=1S/C19H19NO6/c21-19(15-6-8-16(9-7-15)20(22)23)26-18(10-17-13-25-17)12-24-11-14-4-2-1-3-5-14/h1-9,17-18H,10-13H2/t17-,18-/m1/s1. The van der Waals surface area contributed by atoms with Crippen LogP contribution in [0, 0.1) is 10.1 Å². The first kappa shape index (κ1) is 18.0. The molecule has 0 saturated carbocycles. The van der Waals surface area contributed by atoms with Gasteiger partial charge in [0.05, 0.1) is 36.4 Å². The van der Waals surface area contributed by atoms with Crippen molar-refractivity contribution in [2.45, 2.75) is 25.2 Å². The Morgan fingerprint density at radius 2 is 1.88 bits per heavy atom. The molecule has 2 atom stereocenters. The van der Waals surface area contributed by atoms with Crippen molar-refractivity contribution < 1.29 is 23.9 Å². The summed E-state index contributed by atoms with van der Waals surface area (Å²) in [5, 5.41) is 10.7. The quantitative estimate of drug-likeness (QED) is 0.296. The number of hydrogen-bond donors (Lipinski definition) is 0. The van der Waals surface area contributed by atoms with Crippen molar-refractivity contribution >= 4 is 11.7 Å². The van der Waals surface area contributed by atoms with Gasteiger partial charge < -0.3 is 14.2 Å². The molecule has 0 aliphatic carbocycles. The van der Waals surface area contributed by atoms with E-state index in [0.29, 0.717) is 19.6 Å². The van der Waals surface area contributed by atoms with Crippen LogP contribution < -0.4 is 0 Å². The number of carbonyl (C=O) groups excluding carboxylic acids is 1. The van der Waals surface area contributed by atoms with Gasteiger partial charge in [0.15, 0.2) is 0 Å². The molecule has 0 aromatic heterocycles. The molecule has 3 rings (SSSR count). The summed E-state index contributed by atoms with van der Waals surface area (Å²) in [6.07, 6.45) is 0.215. The first-order chi connectivity index (χ1) is 12.6. The summed E-state index contributed by atoms with van der Waals surface area (Å²) < 4.78 is 16.4. The third-order valence-electron chi connectivity index (χ3n) is 3.93. The zero-order valence-corrected chi connectivity index (χ0v) is 14.1. The number of nitro groups is 1. The van der Waals surface area contributed by atoms with Gasteiger partial charge in [-0.15, -0.1) is 0 Å². The van der Waals surface area contributed by atoms with Crippen LogP contribution in [0.3, 0.4) is 0 Å². The largest absolute Gasteiger partial charge is 0.456 e. The Balaban J connectivity index is 1.54. The lowest BCUT2D eigenvalue weighted by atomic mass is 10.2. The number of non-ortho nitro benzene ring substituents is 1. The molecule has 0 amide bonds. The molecule has 2 aromatic carbocycles. The minimum Gasteiger partial charge on any atom is -0.456 e. The lowest BCUT2D eigenvalue weighted by Gasteiger charge is -2.17. The zero-order chi connectivity index (χ0) is 18.4. The Morgan fingerprint density at radius 1 is 1.19 bits per heavy atom. The molecule has 1 fully saturated rings. The predicted molar refractivity (Wildman–Crippen MR) is 92.8 cm³/mol. The summed E-state index contributed by atoms with van der Waals surface area (Å²) >= 11 is 0. The maximum atomic E-state index is 12.3. The van der Waals surface area contributed by atoms with Crippen LogP contribution in [-0.4, -0.2) is 36.3 Å². The number of benzene rings is 2. The monoisotopic (exact) mass is 357 g/mol. The number of esters is 1. The second kappa shape index (κ2) is 8.55. The molecule has 1 saturated heterocycles. The molecule has 1 heterocycles. The van der Waals surface area contributed by atoms with E-state index in [0.717, 1.165) is 5.56 Å². The molecular weight excluding hydrogens is 338 g/mol. The fourth-order valence-corrected chi connectivity index (χ4v) is 2.47. The van der Waals surface area contributed by atoms with Gasteiger partial charge >= 0.3 is 5.97 Å². The summed E-state index contributed by atoms with van der Waals surface area (Å²) in [5.41, 5.74) is 1.23. The Kier molecular flexibility index (Phi) is 5.93. The van der Waals surface area contributed by atoms with E-state index >= 15 is 0 Å². The Labute approximate surface area is 150 Å². The summed E-state index contributed by atoms with van der Waals surface area (Å²) in [6.45, 7) is 1.34. The van der Waals surface area contributed by atoms with Crippen LogP contribution in [0.25, 0.3) is 0 Å². The fraction of sp³-hybridized carbons (Fsp3) is 0.316. The maximum Gasteiger partial charge on any atom is 0.338 e. The highest BCUT2D eigenvalue weighted by atomic mass is 16.6. The van der Waals surface area contributed by atoms with Gasteiger partial charge in [0, 0.05) is 18.6 Å². The van der Waals surface area contributed by atoms with Crippen molar-refractivity contribution in [2.75, 3.05) is 13.2 Å². The summed E-state index contributed by atoms with van der Waals surface area (Å²) in [4.78, 5) is 22.5. The van der Waals surface area contributed by atoms with Crippen LogP contribution >= 0.6 is 0 Å². The van der Waals surface area contributed by atoms with Crippen LogP contribution in [-0.2, 0) is 20.8 Å². The SMILES string of the molecule is O=C(O[C@@H](COCc1ccccc1)C[C@@H]1CO1)c1ccc([N+](=O)[O-])cc1. The molecule has 2 aromatic rings. The highest BCUT2D eigenvalue weighted by Gasteiger charge is 2.29. The van der Waals surface area contributed by atoms with Crippen molar-refractivity contribution in [1.82, 2.24) is 0 Å². The van der Waals surface area contributed by atoms with Crippen molar-refractivity contribution in [3.05, 3.63) is 75.8 Å². The molecule has 1 aliphatic heterocycles. The van der Waals surface area contributed by atoms with Crippen LogP contribution in [0.1, 0.15) is 22.3 Å². The second-order valence-corrected chi connectivity index (χ2v) is 6.02. The third-order valence-corrected chi connectivity index (χ3v) is 3.93. The van der Waals surface area contributed by atoms with E-state index in [1.165, 1.54) is 24.3 Å². The molecule has 0 radical (unpaired) electrons. The molecule has 26 heavy (non-hydrogen) atoms. The number of ether oxygens (including phenoxy) is 3. The number of nitro benzene ring substituents is 1. The molecular formula is C19H19NO6. The minimum absolute atomic E-state index is 0.0734. The van der Waals surface area contributed by atoms with Crippen LogP contribution in [0.4, 0.5) is 5.69 Å². The maximum absolute atomic E-state index is 12.3. The van der Waals surface area contributed by atoms with E-state index < -0.39 is 17.0 Å². The van der Waals surface area contributed by atoms with E-state index in [1.54, 1.807) is 0 Å². The molecule has 0 N–H and O–H groups in total. The highest BCUT2D eigenvalue weighted by molar-refractivity contribution is 5.89. The number of hydrogen-bond acceptors (Lipinski definition) is 6. The van der Waals surface area contributed by atoms with E-state index in [-0.39, 0.29) is 24.0 Å². The van der Waals surface area contributed by atoms with Gasteiger partial charge in [0.1, 0.15) is 6.10 Å². The van der Waals surface area contributed by atoms with E-state index in [9.17, 15) is 14.9 Å². The van der Waals surface area contributed by atoms with Crippen molar-refractivity contribution in [3.8, 4) is 0 Å². The Bertz CT molecular complexity index is 742. The van der Waals surface area contributed by atoms with Crippen molar-refractivity contribution in [2.24, 2.45) is 0 Å². The van der Waals surface area contributed by atoms with Crippen molar-refractivity contribution in [1.29, 1.82) is 0 Å². The summed E-state index contributed by atoms with van der Waals surface area (Å²) in [7, 11) is 0. The van der Waals surface area contributed by atoms with Gasteiger partial charge in [-0.2, -0.15) is 0 Å². The number of nitrogens with zero attached hydrogens (tertiary/aromatic N) is 1. The Morgan fingerprint density at radius 3 is 2.50 bits per heavy atom. The minimum atomic E-state index is -0.533. The molecule has 0 bridgehead atoms. The molecule has 136 valence electrons. The van der Waals surface area contributed by atoms with Gasteiger partial charge in [-0.1, -0.05) is 30.3 Å². The number of rotatable bonds is 9. The van der Waals surface area contributed by atoms with Gasteiger partial charge in [0.2, 0.25) is 0 Å². The van der Waals surface area contributed by atoms with Crippen LogP contribution in [0.5, 0.6) is 0 Å². The van der Waals surface area contributed by atoms with Gasteiger partial charge in [0.25, 0.3) is 5.69 Å². The second-order valence-electron chi connectivity index (χ2n) is 6.02. The smallest absolute Gasteiger partial charge is 0.338 e. The van der Waals surface area contributed by atoms with Crippen LogP contribution in [0.2, 0.25) is 0 Å². The number of epoxide rings is 1. The first-order valence-electron chi connectivity index (χ1n) is 8.30. The third kappa shape index (κ3) is 5.37. The van der Waals surface area contributed by atoms with Gasteiger partial charge in [-0.3, -0.25) is 10.1 Å². The lowest BCUT2D eigenvalue weighted by molar-refractivity contribution is -0.384. The van der Waals surface area contributed by atoms with Gasteiger partial charge in [-0.25, -0.2) is 4.79 Å². The van der Waals surface area contributed by atoms with Crippen LogP contribution in [0.15, 0.2) is 54.6 Å². The highest BCUT2D eigenvalue weighted by Crippen LogP contribution is 2.20. The molecule has 0 unspecified atom stereocenters. The average molecular weight is 357 g/mol. The first-order valence-corrected chi connectivity index (χ1v) is 8.30. The summed E-state index contributed by atoms with van der Waals surface area (Å²) in [6, 6.07) is 15.0. The van der Waals surface area contributed by atoms with E-state index in [4.69, 9.17) is 14.2 Å². The van der Waals surface area contributed by atoms with E-state index in [2.05, 4.69) is 0 Å². The van der Waals surface area contributed by atoms with E-state index in [1.807, 2.05) is 30.3 Å².